The van der Waals surface area contributed by atoms with Crippen LogP contribution in [0, 0.1) is 13.8 Å². The van der Waals surface area contributed by atoms with E-state index in [1.807, 2.05) is 7.11 Å². The maximum absolute atomic E-state index is 5.53. The van der Waals surface area contributed by atoms with E-state index in [1.165, 1.54) is 30.5 Å². The molecule has 0 aromatic carbocycles. The van der Waals surface area contributed by atoms with Crippen LogP contribution in [0.3, 0.4) is 0 Å². The Kier molecular flexibility index (Phi) is 4.99. The minimum Gasteiger partial charge on any atom is -0.381 e. The van der Waals surface area contributed by atoms with Gasteiger partial charge in [0.2, 0.25) is 0 Å². The van der Waals surface area contributed by atoms with Gasteiger partial charge in [0.1, 0.15) is 0 Å². The van der Waals surface area contributed by atoms with Gasteiger partial charge in [-0.3, -0.25) is 4.68 Å². The average molecular weight is 265 g/mol. The molecule has 0 radical (unpaired) electrons. The fraction of sp³-hybridized carbons (Fsp3) is 0.800. The molecule has 4 nitrogen and oxygen atoms in total. The van der Waals surface area contributed by atoms with Crippen molar-refractivity contribution >= 4 is 0 Å². The monoisotopic (exact) mass is 265 g/mol. The smallest absolute Gasteiger partial charge is 0.0641 e. The number of nitrogens with zero attached hydrogens (tertiary/aromatic N) is 2. The normalized spacial score (nSPS) is 23.8. The van der Waals surface area contributed by atoms with Crippen molar-refractivity contribution in [3.05, 3.63) is 17.0 Å². The van der Waals surface area contributed by atoms with Gasteiger partial charge in [0, 0.05) is 24.9 Å². The Bertz CT molecular complexity index is 414. The minimum absolute atomic E-state index is 0.403. The molecule has 108 valence electrons. The van der Waals surface area contributed by atoms with Crippen LogP contribution in [0.4, 0.5) is 0 Å². The molecule has 1 heterocycles. The molecule has 19 heavy (non-hydrogen) atoms. The van der Waals surface area contributed by atoms with Gasteiger partial charge in [-0.15, -0.1) is 0 Å². The Morgan fingerprint density at radius 1 is 1.37 bits per heavy atom. The van der Waals surface area contributed by atoms with Crippen LogP contribution in [-0.2, 0) is 11.3 Å². The number of hydrogen-bond donors (Lipinski definition) is 1. The molecule has 2 rings (SSSR count). The summed E-state index contributed by atoms with van der Waals surface area (Å²) in [5.74, 6) is 0. The summed E-state index contributed by atoms with van der Waals surface area (Å²) in [7, 11) is 1.82. The van der Waals surface area contributed by atoms with Gasteiger partial charge in [-0.25, -0.2) is 0 Å². The van der Waals surface area contributed by atoms with Crippen molar-refractivity contribution in [3.8, 4) is 0 Å². The third-order valence-corrected chi connectivity index (χ3v) is 4.30. The molecule has 0 bridgehead atoms. The number of ether oxygens (including phenoxy) is 1. The highest BCUT2D eigenvalue weighted by Crippen LogP contribution is 2.31. The topological polar surface area (TPSA) is 39.1 Å². The fourth-order valence-electron chi connectivity index (χ4n) is 3.11. The zero-order valence-electron chi connectivity index (χ0n) is 12.7. The van der Waals surface area contributed by atoms with Crippen LogP contribution in [-0.4, -0.2) is 29.5 Å². The van der Waals surface area contributed by atoms with Crippen LogP contribution < -0.4 is 5.32 Å². The van der Waals surface area contributed by atoms with Gasteiger partial charge in [-0.2, -0.15) is 5.10 Å². The first-order valence-electron chi connectivity index (χ1n) is 7.45. The van der Waals surface area contributed by atoms with E-state index in [9.17, 15) is 0 Å². The second-order valence-electron chi connectivity index (χ2n) is 5.55. The zero-order valence-corrected chi connectivity index (χ0v) is 12.7. The van der Waals surface area contributed by atoms with Crippen LogP contribution in [0.1, 0.15) is 55.6 Å². The third-order valence-electron chi connectivity index (χ3n) is 4.30. The van der Waals surface area contributed by atoms with Gasteiger partial charge in [0.15, 0.2) is 0 Å². The van der Waals surface area contributed by atoms with Gasteiger partial charge in [-0.05, 0) is 46.1 Å². The van der Waals surface area contributed by atoms with Gasteiger partial charge < -0.3 is 10.1 Å². The molecule has 1 aliphatic carbocycles. The Morgan fingerprint density at radius 2 is 2.16 bits per heavy atom. The summed E-state index contributed by atoms with van der Waals surface area (Å²) in [6.07, 6.45) is 5.15. The molecule has 1 aromatic rings. The molecule has 1 aromatic heterocycles. The molecule has 1 saturated carbocycles. The molecule has 1 aliphatic rings. The summed E-state index contributed by atoms with van der Waals surface area (Å²) >= 11 is 0. The van der Waals surface area contributed by atoms with Crippen molar-refractivity contribution < 1.29 is 4.74 Å². The molecule has 0 aliphatic heterocycles. The lowest BCUT2D eigenvalue weighted by molar-refractivity contribution is 0.0503. The molecule has 0 spiro atoms. The van der Waals surface area contributed by atoms with Gasteiger partial charge in [-0.1, -0.05) is 6.92 Å². The van der Waals surface area contributed by atoms with Crippen molar-refractivity contribution in [2.45, 2.75) is 65.1 Å². The van der Waals surface area contributed by atoms with E-state index in [1.54, 1.807) is 0 Å². The average Bonchev–Trinajstić information content (AvgIpc) is 2.72. The number of aromatic nitrogens is 2. The highest BCUT2D eigenvalue weighted by Gasteiger charge is 2.25. The molecular formula is C15H27N3O. The predicted molar refractivity (Wildman–Crippen MR) is 77.4 cm³/mol. The van der Waals surface area contributed by atoms with Crippen LogP contribution in [0.25, 0.3) is 0 Å². The summed E-state index contributed by atoms with van der Waals surface area (Å²) in [6.45, 7) is 8.38. The van der Waals surface area contributed by atoms with Gasteiger partial charge in [0.25, 0.3) is 0 Å². The molecule has 2 unspecified atom stereocenters. The minimum atomic E-state index is 0.403. The van der Waals surface area contributed by atoms with Crippen LogP contribution in [0.2, 0.25) is 0 Å². The Labute approximate surface area is 116 Å². The van der Waals surface area contributed by atoms with E-state index >= 15 is 0 Å². The van der Waals surface area contributed by atoms with Crippen molar-refractivity contribution in [2.24, 2.45) is 0 Å². The summed E-state index contributed by atoms with van der Waals surface area (Å²) < 4.78 is 7.77. The molecule has 0 saturated heterocycles. The maximum Gasteiger partial charge on any atom is 0.0641 e. The van der Waals surface area contributed by atoms with Crippen molar-refractivity contribution in [2.75, 3.05) is 13.7 Å². The number of rotatable bonds is 5. The largest absolute Gasteiger partial charge is 0.381 e. The second-order valence-corrected chi connectivity index (χ2v) is 5.55. The fourth-order valence-corrected chi connectivity index (χ4v) is 3.11. The summed E-state index contributed by atoms with van der Waals surface area (Å²) in [5.41, 5.74) is 3.85. The van der Waals surface area contributed by atoms with Crippen LogP contribution in [0.5, 0.6) is 0 Å². The molecule has 0 amide bonds. The predicted octanol–water partition coefficient (Wildman–Crippen LogP) is 2.74. The first kappa shape index (κ1) is 14.5. The molecule has 4 heteroatoms. The number of methoxy groups -OCH3 is 1. The highest BCUT2D eigenvalue weighted by atomic mass is 16.5. The number of hydrogen-bond acceptors (Lipinski definition) is 3. The van der Waals surface area contributed by atoms with Crippen molar-refractivity contribution in [1.82, 2.24) is 15.1 Å². The molecule has 1 N–H and O–H groups in total. The summed E-state index contributed by atoms with van der Waals surface area (Å²) in [5, 5.41) is 8.18. The maximum atomic E-state index is 5.53. The Balaban J connectivity index is 2.15. The molecular weight excluding hydrogens is 238 g/mol. The van der Waals surface area contributed by atoms with E-state index in [4.69, 9.17) is 9.84 Å². The summed E-state index contributed by atoms with van der Waals surface area (Å²) in [4.78, 5) is 0. The third kappa shape index (κ3) is 3.18. The van der Waals surface area contributed by atoms with E-state index in [2.05, 4.69) is 30.8 Å². The number of aryl methyl sites for hydroxylation is 1. The van der Waals surface area contributed by atoms with E-state index in [0.717, 1.165) is 25.2 Å². The van der Waals surface area contributed by atoms with E-state index in [-0.39, 0.29) is 0 Å². The van der Waals surface area contributed by atoms with E-state index in [0.29, 0.717) is 12.1 Å². The molecule has 1 fully saturated rings. The molecule has 2 atom stereocenters. The zero-order chi connectivity index (χ0) is 13.8. The number of nitrogens with one attached hydrogen (secondary N) is 1. The highest BCUT2D eigenvalue weighted by molar-refractivity contribution is 5.24. The lowest BCUT2D eigenvalue weighted by Crippen LogP contribution is -2.25. The van der Waals surface area contributed by atoms with Crippen LogP contribution in [0.15, 0.2) is 0 Å². The first-order chi connectivity index (χ1) is 9.17. The standard InChI is InChI=1S/C15H27N3O/c1-5-16-10-15-11(2)17-18(12(15)3)13-7-6-8-14(9-13)19-4/h13-14,16H,5-10H2,1-4H3. The van der Waals surface area contributed by atoms with Gasteiger partial charge >= 0.3 is 0 Å². The summed E-state index contributed by atoms with van der Waals surface area (Å²) in [6, 6.07) is 0.507. The van der Waals surface area contributed by atoms with Crippen molar-refractivity contribution in [3.63, 3.8) is 0 Å². The quantitative estimate of drug-likeness (QED) is 0.889. The van der Waals surface area contributed by atoms with E-state index < -0.39 is 0 Å². The van der Waals surface area contributed by atoms with Gasteiger partial charge in [0.05, 0.1) is 17.8 Å². The second kappa shape index (κ2) is 6.53. The lowest BCUT2D eigenvalue weighted by atomic mass is 9.93. The first-order valence-corrected chi connectivity index (χ1v) is 7.45. The Morgan fingerprint density at radius 3 is 2.84 bits per heavy atom. The van der Waals surface area contributed by atoms with Crippen LogP contribution >= 0.6 is 0 Å². The van der Waals surface area contributed by atoms with Crippen molar-refractivity contribution in [1.29, 1.82) is 0 Å². The SMILES string of the molecule is CCNCc1c(C)nn(C2CCCC(OC)C2)c1C. The Hall–Kier alpha value is -0.870. The lowest BCUT2D eigenvalue weighted by Gasteiger charge is -2.29.